The second-order valence-electron chi connectivity index (χ2n) is 9.90. The van der Waals surface area contributed by atoms with E-state index in [4.69, 9.17) is 9.47 Å². The van der Waals surface area contributed by atoms with Crippen LogP contribution in [-0.2, 0) is 37.6 Å². The summed E-state index contributed by atoms with van der Waals surface area (Å²) in [5.41, 5.74) is 0.440. The number of esters is 1. The Balaban J connectivity index is 2.22. The summed E-state index contributed by atoms with van der Waals surface area (Å²) in [7, 11) is 1.78. The van der Waals surface area contributed by atoms with Gasteiger partial charge in [-0.3, -0.25) is 0 Å². The summed E-state index contributed by atoms with van der Waals surface area (Å²) in [6, 6.07) is 6.12. The number of methoxy groups -OCH3 is 1. The maximum Gasteiger partial charge on any atom is 0.336 e. The highest BCUT2D eigenvalue weighted by Gasteiger charge is 2.67. The minimum absolute atomic E-state index is 0.180. The van der Waals surface area contributed by atoms with Crippen molar-refractivity contribution in [2.24, 2.45) is 11.3 Å². The van der Waals surface area contributed by atoms with Gasteiger partial charge in [0.25, 0.3) is 0 Å². The van der Waals surface area contributed by atoms with Gasteiger partial charge in [-0.25, -0.2) is 4.79 Å². The Morgan fingerprint density at radius 2 is 2.06 bits per heavy atom. The third kappa shape index (κ3) is 4.33. The molecule has 1 aromatic carbocycles. The molecule has 1 aromatic rings. The number of ether oxygens (including phenoxy) is 2. The van der Waals surface area contributed by atoms with Crippen LogP contribution in [-0.4, -0.2) is 35.1 Å². The summed E-state index contributed by atoms with van der Waals surface area (Å²) in [6.07, 6.45) is 4.41. The molecule has 0 saturated heterocycles. The van der Waals surface area contributed by atoms with Gasteiger partial charge >= 0.3 is 5.97 Å². The Hall–Kier alpha value is -0.600. The molecule has 7 heteroatoms. The molecule has 0 amide bonds. The first-order valence-corrected chi connectivity index (χ1v) is 13.2. The molecule has 2 aliphatic carbocycles. The molecule has 31 heavy (non-hydrogen) atoms. The number of carbonyl (C=O) groups excluding carboxylic acids is 1. The molecule has 5 nitrogen and oxygen atoms in total. The first-order chi connectivity index (χ1) is 14.5. The number of halogens is 1. The Morgan fingerprint density at radius 1 is 1.35 bits per heavy atom. The fourth-order valence-electron chi connectivity index (χ4n) is 5.51. The average molecular weight is 515 g/mol. The quantitative estimate of drug-likeness (QED) is 0.426. The second-order valence-corrected chi connectivity index (χ2v) is 12.8. The summed E-state index contributed by atoms with van der Waals surface area (Å²) >= 11 is 2.14. The van der Waals surface area contributed by atoms with Gasteiger partial charge in [-0.05, 0) is 82.6 Å². The van der Waals surface area contributed by atoms with E-state index in [2.05, 4.69) is 33.6 Å². The number of carbonyl (C=O) groups is 1. The first kappa shape index (κ1) is 25.0. The SMILES string of the molecule is CCOC(=O)[C@]1(N[S+]([O-])C(C)(C)C)c2cc(Br)ccc2C[C@@]12CC[C@H](OC)[C@@H](CC)C2. The van der Waals surface area contributed by atoms with Gasteiger partial charge in [0.1, 0.15) is 4.75 Å². The van der Waals surface area contributed by atoms with Gasteiger partial charge in [-0.2, -0.15) is 0 Å². The molecule has 2 aliphatic rings. The van der Waals surface area contributed by atoms with E-state index in [1.165, 1.54) is 0 Å². The van der Waals surface area contributed by atoms with E-state index < -0.39 is 27.1 Å². The lowest BCUT2D eigenvalue weighted by Gasteiger charge is -2.50. The monoisotopic (exact) mass is 513 g/mol. The van der Waals surface area contributed by atoms with E-state index in [1.807, 2.05) is 39.8 Å². The van der Waals surface area contributed by atoms with Crippen LogP contribution in [0.25, 0.3) is 0 Å². The maximum atomic E-state index is 13.9. The molecule has 3 rings (SSSR count). The van der Waals surface area contributed by atoms with Crippen molar-refractivity contribution in [3.8, 4) is 0 Å². The summed E-state index contributed by atoms with van der Waals surface area (Å²) in [4.78, 5) is 13.9. The van der Waals surface area contributed by atoms with Gasteiger partial charge in [0, 0.05) is 28.4 Å². The van der Waals surface area contributed by atoms with Crippen molar-refractivity contribution in [1.29, 1.82) is 0 Å². The highest BCUT2D eigenvalue weighted by Crippen LogP contribution is 2.60. The van der Waals surface area contributed by atoms with Crippen molar-refractivity contribution < 1.29 is 18.8 Å². The van der Waals surface area contributed by atoms with Gasteiger partial charge in [0.15, 0.2) is 5.54 Å². The van der Waals surface area contributed by atoms with Gasteiger partial charge in [0.2, 0.25) is 0 Å². The van der Waals surface area contributed by atoms with Gasteiger partial charge < -0.3 is 14.0 Å². The molecule has 5 atom stereocenters. The van der Waals surface area contributed by atoms with Crippen molar-refractivity contribution in [3.05, 3.63) is 33.8 Å². The van der Waals surface area contributed by atoms with Crippen LogP contribution in [0.1, 0.15) is 71.4 Å². The third-order valence-corrected chi connectivity index (χ3v) is 9.19. The Kier molecular flexibility index (Phi) is 7.54. The third-order valence-electron chi connectivity index (χ3n) is 7.10. The van der Waals surface area contributed by atoms with Crippen molar-refractivity contribution >= 4 is 33.3 Å². The smallest absolute Gasteiger partial charge is 0.336 e. The molecule has 1 fully saturated rings. The van der Waals surface area contributed by atoms with Crippen molar-refractivity contribution in [3.63, 3.8) is 0 Å². The highest BCUT2D eigenvalue weighted by molar-refractivity contribution is 9.10. The lowest BCUT2D eigenvalue weighted by molar-refractivity contribution is -0.161. The van der Waals surface area contributed by atoms with Crippen LogP contribution in [0.4, 0.5) is 0 Å². The van der Waals surface area contributed by atoms with Crippen molar-refractivity contribution in [1.82, 2.24) is 4.72 Å². The van der Waals surface area contributed by atoms with Crippen molar-refractivity contribution in [2.75, 3.05) is 13.7 Å². The van der Waals surface area contributed by atoms with E-state index in [9.17, 15) is 9.35 Å². The Bertz CT molecular complexity index is 813. The fraction of sp³-hybridized carbons (Fsp3) is 0.708. The lowest BCUT2D eigenvalue weighted by atomic mass is 9.58. The fourth-order valence-corrected chi connectivity index (χ4v) is 6.86. The molecule has 0 bridgehead atoms. The summed E-state index contributed by atoms with van der Waals surface area (Å²) < 4.78 is 28.7. The molecular formula is C24H36BrNO4S. The first-order valence-electron chi connectivity index (χ1n) is 11.2. The molecule has 1 N–H and O–H groups in total. The number of fused-ring (bicyclic) bond motifs is 1. The van der Waals surface area contributed by atoms with Crippen LogP contribution in [0.3, 0.4) is 0 Å². The Labute approximate surface area is 198 Å². The summed E-state index contributed by atoms with van der Waals surface area (Å²) in [5.74, 6) is 0.00495. The van der Waals surface area contributed by atoms with Crippen LogP contribution in [0, 0.1) is 11.3 Å². The normalized spacial score (nSPS) is 31.5. The van der Waals surface area contributed by atoms with Crippen LogP contribution < -0.4 is 4.72 Å². The highest BCUT2D eigenvalue weighted by atomic mass is 79.9. The molecule has 0 radical (unpaired) electrons. The molecular weight excluding hydrogens is 478 g/mol. The number of hydrogen-bond acceptors (Lipinski definition) is 5. The predicted molar refractivity (Wildman–Crippen MR) is 128 cm³/mol. The van der Waals surface area contributed by atoms with Crippen LogP contribution in [0.15, 0.2) is 22.7 Å². The minimum atomic E-state index is -1.45. The van der Waals surface area contributed by atoms with E-state index in [0.717, 1.165) is 47.7 Å². The second kappa shape index (κ2) is 9.34. The zero-order chi connectivity index (χ0) is 23.0. The largest absolute Gasteiger partial charge is 0.598 e. The number of benzene rings is 1. The molecule has 0 heterocycles. The average Bonchev–Trinajstić information content (AvgIpc) is 2.96. The number of rotatable bonds is 6. The zero-order valence-electron chi connectivity index (χ0n) is 19.5. The van der Waals surface area contributed by atoms with Crippen LogP contribution in [0.2, 0.25) is 0 Å². The minimum Gasteiger partial charge on any atom is -0.598 e. The molecule has 1 spiro atoms. The standard InChI is InChI=1S/C24H36BrNO4S/c1-7-16-14-23(12-11-20(16)29-6)15-17-9-10-18(25)13-19(17)24(23,21(27)30-8-2)26-31(28)22(3,4)5/h9-10,13,16,20,26H,7-8,11-12,14-15H2,1-6H3/t16-,20-,23-,24+,31?/m0/s1. The van der Waals surface area contributed by atoms with E-state index >= 15 is 0 Å². The molecule has 0 aromatic heterocycles. The number of nitrogens with one attached hydrogen (secondary N) is 1. The van der Waals surface area contributed by atoms with Crippen LogP contribution in [0.5, 0.6) is 0 Å². The molecule has 174 valence electrons. The molecule has 0 aliphatic heterocycles. The van der Waals surface area contributed by atoms with E-state index in [-0.39, 0.29) is 18.7 Å². The molecule has 1 unspecified atom stereocenters. The van der Waals surface area contributed by atoms with E-state index in [0.29, 0.717) is 5.92 Å². The zero-order valence-corrected chi connectivity index (χ0v) is 22.0. The Morgan fingerprint density at radius 3 is 2.65 bits per heavy atom. The maximum absolute atomic E-state index is 13.9. The van der Waals surface area contributed by atoms with Gasteiger partial charge in [-0.15, -0.1) is 4.72 Å². The molecule has 1 saturated carbocycles. The lowest BCUT2D eigenvalue weighted by Crippen LogP contribution is -2.64. The van der Waals surface area contributed by atoms with Gasteiger partial charge in [0.05, 0.1) is 12.7 Å². The van der Waals surface area contributed by atoms with E-state index in [1.54, 1.807) is 7.11 Å². The predicted octanol–water partition coefficient (Wildman–Crippen LogP) is 5.03. The van der Waals surface area contributed by atoms with Crippen molar-refractivity contribution in [2.45, 2.75) is 83.1 Å². The summed E-state index contributed by atoms with van der Waals surface area (Å²) in [6.45, 7) is 10.1. The summed E-state index contributed by atoms with van der Waals surface area (Å²) in [5, 5.41) is 0. The number of hydrogen-bond donors (Lipinski definition) is 1. The van der Waals surface area contributed by atoms with Crippen LogP contribution >= 0.6 is 15.9 Å². The van der Waals surface area contributed by atoms with Gasteiger partial charge in [-0.1, -0.05) is 35.3 Å². The topological polar surface area (TPSA) is 70.6 Å².